The normalized spacial score (nSPS) is 15.6. The van der Waals surface area contributed by atoms with Gasteiger partial charge in [-0.25, -0.2) is 4.98 Å². The van der Waals surface area contributed by atoms with Crippen LogP contribution in [0.3, 0.4) is 0 Å². The van der Waals surface area contributed by atoms with Crippen LogP contribution in [0.15, 0.2) is 24.5 Å². The van der Waals surface area contributed by atoms with Crippen LogP contribution in [0.2, 0.25) is 0 Å². The number of rotatable bonds is 7. The molecule has 10 heteroatoms. The van der Waals surface area contributed by atoms with Crippen LogP contribution in [-0.4, -0.2) is 57.3 Å². The Bertz CT molecular complexity index is 873. The molecule has 1 N–H and O–H groups in total. The Balaban J connectivity index is 1.46. The molecule has 158 valence electrons. The predicted octanol–water partition coefficient (Wildman–Crippen LogP) is 3.08. The lowest BCUT2D eigenvalue weighted by Crippen LogP contribution is -2.40. The highest BCUT2D eigenvalue weighted by Crippen LogP contribution is 2.25. The first-order valence-corrected chi connectivity index (χ1v) is 9.35. The molecule has 1 aliphatic heterocycles. The minimum Gasteiger partial charge on any atom is -0.492 e. The molecular formula is C19H22F3N3O4. The lowest BCUT2D eigenvalue weighted by Gasteiger charge is -2.32. The zero-order chi connectivity index (χ0) is 21.0. The molecule has 3 heterocycles. The SMILES string of the molecule is O=C(O)Cn1ccc2cc(OCC3CCN(C(=O)CCC(F)(F)F)CC3)cnc21. The molecule has 3 rings (SSSR count). The van der Waals surface area contributed by atoms with Crippen molar-refractivity contribution in [3.63, 3.8) is 0 Å². The highest BCUT2D eigenvalue weighted by molar-refractivity contribution is 5.79. The predicted molar refractivity (Wildman–Crippen MR) is 97.5 cm³/mol. The molecule has 1 fully saturated rings. The van der Waals surface area contributed by atoms with E-state index < -0.39 is 30.9 Å². The molecule has 2 aromatic heterocycles. The molecular weight excluding hydrogens is 391 g/mol. The Morgan fingerprint density at radius 3 is 2.66 bits per heavy atom. The molecule has 0 atom stereocenters. The van der Waals surface area contributed by atoms with Gasteiger partial charge < -0.3 is 19.3 Å². The minimum atomic E-state index is -4.31. The molecule has 0 aromatic carbocycles. The number of likely N-dealkylation sites (tertiary alicyclic amines) is 1. The number of carboxylic acid groups (broad SMARTS) is 1. The second-order valence-electron chi connectivity index (χ2n) is 7.17. The van der Waals surface area contributed by atoms with Crippen molar-refractivity contribution in [2.75, 3.05) is 19.7 Å². The molecule has 0 aliphatic carbocycles. The van der Waals surface area contributed by atoms with Gasteiger partial charge in [0.1, 0.15) is 17.9 Å². The van der Waals surface area contributed by atoms with Gasteiger partial charge in [0.15, 0.2) is 0 Å². The van der Waals surface area contributed by atoms with Crippen molar-refractivity contribution >= 4 is 22.9 Å². The molecule has 2 aromatic rings. The van der Waals surface area contributed by atoms with Gasteiger partial charge in [-0.3, -0.25) is 9.59 Å². The van der Waals surface area contributed by atoms with Gasteiger partial charge in [-0.05, 0) is 30.9 Å². The van der Waals surface area contributed by atoms with Crippen LogP contribution in [-0.2, 0) is 16.1 Å². The molecule has 7 nitrogen and oxygen atoms in total. The first-order valence-electron chi connectivity index (χ1n) is 9.35. The number of carbonyl (C=O) groups excluding carboxylic acids is 1. The van der Waals surface area contributed by atoms with E-state index in [9.17, 15) is 22.8 Å². The topological polar surface area (TPSA) is 84.7 Å². The second kappa shape index (κ2) is 8.71. The number of amides is 1. The van der Waals surface area contributed by atoms with Crippen molar-refractivity contribution < 1.29 is 32.6 Å². The van der Waals surface area contributed by atoms with Crippen molar-refractivity contribution in [3.05, 3.63) is 24.5 Å². The zero-order valence-electron chi connectivity index (χ0n) is 15.7. The molecule has 0 unspecified atom stereocenters. The van der Waals surface area contributed by atoms with Gasteiger partial charge in [-0.1, -0.05) is 0 Å². The van der Waals surface area contributed by atoms with Gasteiger partial charge in [-0.15, -0.1) is 0 Å². The Labute approximate surface area is 165 Å². The van der Waals surface area contributed by atoms with E-state index in [0.717, 1.165) is 5.39 Å². The van der Waals surface area contributed by atoms with Crippen LogP contribution in [0.5, 0.6) is 5.75 Å². The summed E-state index contributed by atoms with van der Waals surface area (Å²) in [6.07, 6.45) is -1.37. The molecule has 29 heavy (non-hydrogen) atoms. The largest absolute Gasteiger partial charge is 0.492 e. The fourth-order valence-corrected chi connectivity index (χ4v) is 3.38. The minimum absolute atomic E-state index is 0.170. The zero-order valence-corrected chi connectivity index (χ0v) is 15.7. The number of piperidine rings is 1. The van der Waals surface area contributed by atoms with E-state index in [1.54, 1.807) is 18.3 Å². The highest BCUT2D eigenvalue weighted by atomic mass is 19.4. The van der Waals surface area contributed by atoms with Crippen molar-refractivity contribution in [3.8, 4) is 5.75 Å². The van der Waals surface area contributed by atoms with Crippen molar-refractivity contribution in [1.29, 1.82) is 0 Å². The van der Waals surface area contributed by atoms with Crippen LogP contribution in [0.25, 0.3) is 11.0 Å². The average molecular weight is 413 g/mol. The first-order chi connectivity index (χ1) is 13.7. The number of halogens is 3. The number of aromatic nitrogens is 2. The number of fused-ring (bicyclic) bond motifs is 1. The molecule has 1 saturated heterocycles. The van der Waals surface area contributed by atoms with Gasteiger partial charge >= 0.3 is 12.1 Å². The summed E-state index contributed by atoms with van der Waals surface area (Å²) in [6, 6.07) is 3.56. The van der Waals surface area contributed by atoms with Crippen molar-refractivity contribution in [2.24, 2.45) is 5.92 Å². The van der Waals surface area contributed by atoms with Gasteiger partial charge in [0, 0.05) is 31.1 Å². The van der Waals surface area contributed by atoms with Crippen LogP contribution < -0.4 is 4.74 Å². The Kier molecular flexibility index (Phi) is 6.29. The summed E-state index contributed by atoms with van der Waals surface area (Å²) in [5, 5.41) is 9.67. The maximum absolute atomic E-state index is 12.2. The maximum Gasteiger partial charge on any atom is 0.389 e. The molecule has 1 aliphatic rings. The summed E-state index contributed by atoms with van der Waals surface area (Å²) in [7, 11) is 0. The fraction of sp³-hybridized carbons (Fsp3) is 0.526. The third kappa shape index (κ3) is 5.85. The van der Waals surface area contributed by atoms with Crippen LogP contribution in [0.1, 0.15) is 25.7 Å². The number of nitrogens with zero attached hydrogens (tertiary/aromatic N) is 3. The van der Waals surface area contributed by atoms with E-state index in [-0.39, 0.29) is 12.5 Å². The van der Waals surface area contributed by atoms with E-state index in [4.69, 9.17) is 9.84 Å². The third-order valence-electron chi connectivity index (χ3n) is 4.96. The maximum atomic E-state index is 12.2. The Morgan fingerprint density at radius 1 is 1.28 bits per heavy atom. The number of aliphatic carboxylic acids is 1. The van der Waals surface area contributed by atoms with Crippen LogP contribution >= 0.6 is 0 Å². The number of pyridine rings is 1. The number of alkyl halides is 3. The van der Waals surface area contributed by atoms with Crippen LogP contribution in [0, 0.1) is 5.92 Å². The summed E-state index contributed by atoms with van der Waals surface area (Å²) in [4.78, 5) is 28.5. The van der Waals surface area contributed by atoms with E-state index in [1.165, 1.54) is 15.7 Å². The molecule has 0 bridgehead atoms. The van der Waals surface area contributed by atoms with Crippen LogP contribution in [0.4, 0.5) is 13.2 Å². The average Bonchev–Trinajstić information content (AvgIpc) is 3.06. The van der Waals surface area contributed by atoms with Gasteiger partial charge in [-0.2, -0.15) is 13.2 Å². The Morgan fingerprint density at radius 2 is 2.00 bits per heavy atom. The molecule has 1 amide bonds. The van der Waals surface area contributed by atoms with Crippen molar-refractivity contribution in [1.82, 2.24) is 14.5 Å². The smallest absolute Gasteiger partial charge is 0.389 e. The summed E-state index contributed by atoms with van der Waals surface area (Å²) >= 11 is 0. The monoisotopic (exact) mass is 413 g/mol. The fourth-order valence-electron chi connectivity index (χ4n) is 3.38. The summed E-state index contributed by atoms with van der Waals surface area (Å²) in [6.45, 7) is 1.12. The number of ether oxygens (including phenoxy) is 1. The highest BCUT2D eigenvalue weighted by Gasteiger charge is 2.30. The number of carbonyl (C=O) groups is 2. The lowest BCUT2D eigenvalue weighted by atomic mass is 9.97. The van der Waals surface area contributed by atoms with E-state index in [0.29, 0.717) is 43.9 Å². The number of carboxylic acids is 1. The second-order valence-corrected chi connectivity index (χ2v) is 7.17. The molecule has 0 saturated carbocycles. The van der Waals surface area contributed by atoms with E-state index >= 15 is 0 Å². The van der Waals surface area contributed by atoms with Gasteiger partial charge in [0.05, 0.1) is 19.2 Å². The quantitative estimate of drug-likeness (QED) is 0.754. The number of hydrogen-bond acceptors (Lipinski definition) is 4. The third-order valence-corrected chi connectivity index (χ3v) is 4.96. The summed E-state index contributed by atoms with van der Waals surface area (Å²) in [5.74, 6) is -0.640. The standard InChI is InChI=1S/C19H22F3N3O4/c20-19(21,22)5-1-16(26)24-6-2-13(3-7-24)12-29-15-9-14-4-8-25(11-17(27)28)18(14)23-10-15/h4,8-10,13H,1-3,5-7,11-12H2,(H,27,28). The van der Waals surface area contributed by atoms with Gasteiger partial charge in [0.2, 0.25) is 5.91 Å². The van der Waals surface area contributed by atoms with Crippen molar-refractivity contribution in [2.45, 2.75) is 38.4 Å². The number of hydrogen-bond donors (Lipinski definition) is 1. The van der Waals surface area contributed by atoms with E-state index in [1.807, 2.05) is 0 Å². The summed E-state index contributed by atoms with van der Waals surface area (Å²) in [5.41, 5.74) is 0.561. The molecule has 0 radical (unpaired) electrons. The lowest BCUT2D eigenvalue weighted by molar-refractivity contribution is -0.149. The first kappa shape index (κ1) is 20.9. The van der Waals surface area contributed by atoms with E-state index in [2.05, 4.69) is 4.98 Å². The van der Waals surface area contributed by atoms with Gasteiger partial charge in [0.25, 0.3) is 0 Å². The molecule has 0 spiro atoms. The summed E-state index contributed by atoms with van der Waals surface area (Å²) < 4.78 is 44.1. The Hall–Kier alpha value is -2.78.